The number of amides is 1. The number of hydrogen-bond donors (Lipinski definition) is 2. The third-order valence-electron chi connectivity index (χ3n) is 6.43. The normalized spacial score (nSPS) is 19.6. The van der Waals surface area contributed by atoms with Crippen LogP contribution in [0.1, 0.15) is 63.5 Å². The third-order valence-corrected chi connectivity index (χ3v) is 6.43. The van der Waals surface area contributed by atoms with E-state index in [4.69, 9.17) is 4.74 Å². The van der Waals surface area contributed by atoms with Gasteiger partial charge in [-0.2, -0.15) is 0 Å². The number of carbonyl (C=O) groups is 1. The lowest BCUT2D eigenvalue weighted by molar-refractivity contribution is -0.122. The molecule has 1 unspecified atom stereocenters. The van der Waals surface area contributed by atoms with E-state index in [0.717, 1.165) is 16.8 Å². The van der Waals surface area contributed by atoms with E-state index in [1.165, 1.54) is 6.07 Å². The molecule has 36 heavy (non-hydrogen) atoms. The van der Waals surface area contributed by atoms with E-state index in [2.05, 4.69) is 25.6 Å². The molecule has 1 aliphatic heterocycles. The molecule has 3 heterocycles. The number of carbonyl (C=O) groups excluding carboxylic acids is 1. The molecule has 1 amide bonds. The van der Waals surface area contributed by atoms with Gasteiger partial charge < -0.3 is 15.4 Å². The number of nitrogens with zero attached hydrogens (tertiary/aromatic N) is 3. The monoisotopic (exact) mass is 491 g/mol. The molecule has 3 aromatic rings. The molecule has 1 fully saturated rings. The number of pyridine rings is 1. The number of aryl methyl sites for hydroxylation is 1. The summed E-state index contributed by atoms with van der Waals surface area (Å²) in [7, 11) is 0. The molecule has 7 nitrogen and oxygen atoms in total. The van der Waals surface area contributed by atoms with Crippen molar-refractivity contribution in [2.24, 2.45) is 5.92 Å². The van der Waals surface area contributed by atoms with Crippen molar-refractivity contribution in [2.45, 2.75) is 65.2 Å². The average Bonchev–Trinajstić information content (AvgIpc) is 3.21. The Labute approximate surface area is 211 Å². The highest BCUT2D eigenvalue weighted by atomic mass is 19.1. The Morgan fingerprint density at radius 2 is 1.86 bits per heavy atom. The molecule has 0 saturated carbocycles. The van der Waals surface area contributed by atoms with Gasteiger partial charge in [0.05, 0.1) is 35.1 Å². The van der Waals surface area contributed by atoms with Gasteiger partial charge in [0.25, 0.3) is 0 Å². The summed E-state index contributed by atoms with van der Waals surface area (Å²) >= 11 is 0. The van der Waals surface area contributed by atoms with Crippen LogP contribution in [0.3, 0.4) is 0 Å². The molecule has 2 aromatic heterocycles. The molecular weight excluding hydrogens is 457 g/mol. The second-order valence-corrected chi connectivity index (χ2v) is 10.4. The highest BCUT2D eigenvalue weighted by molar-refractivity contribution is 5.86. The molecule has 8 heteroatoms. The van der Waals surface area contributed by atoms with E-state index in [0.29, 0.717) is 23.8 Å². The van der Waals surface area contributed by atoms with Crippen LogP contribution in [0.25, 0.3) is 11.1 Å². The van der Waals surface area contributed by atoms with Crippen LogP contribution < -0.4 is 10.6 Å². The summed E-state index contributed by atoms with van der Waals surface area (Å²) in [5, 5.41) is 6.26. The fraction of sp³-hybridized carbons (Fsp3) is 0.429. The Morgan fingerprint density at radius 1 is 1.11 bits per heavy atom. The number of ether oxygens (including phenoxy) is 1. The standard InChI is InChI=1S/C28H34FN5O2/c1-16-13-19(7-9-22(16)29)20-8-10-23(31-14-20)17(2)33-27-30-12-11-24(34-27)25-21(15-32-26(25)35)18(3)36-28(4,5)6/h7-14,17-18,21,25H,15H2,1-6H3,(H,32,35)(H,30,33,34)/t17-,18+,21?,25+/m0/s1. The molecule has 0 radical (unpaired) electrons. The number of halogens is 1. The van der Waals surface area contributed by atoms with Crippen LogP contribution in [-0.4, -0.2) is 39.1 Å². The lowest BCUT2D eigenvalue weighted by Crippen LogP contribution is -2.34. The maximum Gasteiger partial charge on any atom is 0.229 e. The smallest absolute Gasteiger partial charge is 0.229 e. The van der Waals surface area contributed by atoms with Gasteiger partial charge in [-0.05, 0) is 76.9 Å². The van der Waals surface area contributed by atoms with Gasteiger partial charge in [0.15, 0.2) is 0 Å². The second-order valence-electron chi connectivity index (χ2n) is 10.4. The van der Waals surface area contributed by atoms with Crippen LogP contribution in [0.15, 0.2) is 48.8 Å². The first-order valence-corrected chi connectivity index (χ1v) is 12.3. The van der Waals surface area contributed by atoms with E-state index >= 15 is 0 Å². The lowest BCUT2D eigenvalue weighted by Gasteiger charge is -2.30. The Bertz CT molecular complexity index is 1230. The molecule has 190 valence electrons. The fourth-order valence-corrected chi connectivity index (χ4v) is 4.62. The van der Waals surface area contributed by atoms with E-state index in [1.54, 1.807) is 31.5 Å². The predicted octanol–water partition coefficient (Wildman–Crippen LogP) is 5.19. The van der Waals surface area contributed by atoms with Crippen LogP contribution in [0, 0.1) is 18.7 Å². The SMILES string of the molecule is Cc1cc(-c2ccc([C@H](C)Nc3nccc([C@@H]4C(=O)NCC4[C@@H](C)OC(C)(C)C)n3)nc2)ccc1F. The number of aromatic nitrogens is 3. The van der Waals surface area contributed by atoms with Gasteiger partial charge in [0, 0.05) is 30.4 Å². The molecule has 4 atom stereocenters. The zero-order valence-corrected chi connectivity index (χ0v) is 21.7. The fourth-order valence-electron chi connectivity index (χ4n) is 4.62. The Morgan fingerprint density at radius 3 is 2.53 bits per heavy atom. The minimum atomic E-state index is -0.405. The highest BCUT2D eigenvalue weighted by Gasteiger charge is 2.41. The predicted molar refractivity (Wildman–Crippen MR) is 138 cm³/mol. The van der Waals surface area contributed by atoms with Crippen molar-refractivity contribution in [1.29, 1.82) is 0 Å². The summed E-state index contributed by atoms with van der Waals surface area (Å²) in [5.74, 6) is -0.266. The number of nitrogens with one attached hydrogen (secondary N) is 2. The van der Waals surface area contributed by atoms with Crippen LogP contribution in [0.4, 0.5) is 10.3 Å². The van der Waals surface area contributed by atoms with Crippen LogP contribution >= 0.6 is 0 Å². The molecule has 1 aliphatic rings. The third kappa shape index (κ3) is 5.87. The summed E-state index contributed by atoms with van der Waals surface area (Å²) in [5.41, 5.74) is 3.60. The second kappa shape index (κ2) is 10.3. The molecule has 4 rings (SSSR count). The number of rotatable bonds is 7. The van der Waals surface area contributed by atoms with Gasteiger partial charge in [-0.1, -0.05) is 12.1 Å². The van der Waals surface area contributed by atoms with E-state index in [-0.39, 0.29) is 35.4 Å². The van der Waals surface area contributed by atoms with Gasteiger partial charge in [-0.15, -0.1) is 0 Å². The summed E-state index contributed by atoms with van der Waals surface area (Å²) in [6.07, 6.45) is 3.33. The molecule has 2 N–H and O–H groups in total. The lowest BCUT2D eigenvalue weighted by atomic mass is 9.88. The van der Waals surface area contributed by atoms with Gasteiger partial charge in [0.2, 0.25) is 11.9 Å². The first-order chi connectivity index (χ1) is 17.0. The first-order valence-electron chi connectivity index (χ1n) is 12.3. The molecule has 0 bridgehead atoms. The quantitative estimate of drug-likeness (QED) is 0.473. The van der Waals surface area contributed by atoms with Crippen molar-refractivity contribution in [1.82, 2.24) is 20.3 Å². The van der Waals surface area contributed by atoms with Gasteiger partial charge in [0.1, 0.15) is 5.82 Å². The first kappa shape index (κ1) is 25.7. The maximum atomic E-state index is 13.6. The largest absolute Gasteiger partial charge is 0.373 e. The molecule has 1 aromatic carbocycles. The summed E-state index contributed by atoms with van der Waals surface area (Å²) < 4.78 is 19.8. The average molecular weight is 492 g/mol. The number of anilines is 1. The van der Waals surface area contributed by atoms with Crippen LogP contribution in [0.5, 0.6) is 0 Å². The minimum Gasteiger partial charge on any atom is -0.373 e. The van der Waals surface area contributed by atoms with Gasteiger partial charge in [-0.25, -0.2) is 14.4 Å². The molecule has 0 aliphatic carbocycles. The van der Waals surface area contributed by atoms with Gasteiger partial charge >= 0.3 is 0 Å². The van der Waals surface area contributed by atoms with E-state index in [9.17, 15) is 9.18 Å². The zero-order valence-electron chi connectivity index (χ0n) is 21.7. The van der Waals surface area contributed by atoms with Gasteiger partial charge in [-0.3, -0.25) is 9.78 Å². The summed E-state index contributed by atoms with van der Waals surface area (Å²) in [6.45, 7) is 12.3. The Hall–Kier alpha value is -3.39. The van der Waals surface area contributed by atoms with Crippen LogP contribution in [0.2, 0.25) is 0 Å². The topological polar surface area (TPSA) is 89.0 Å². The molecule has 1 saturated heterocycles. The van der Waals surface area contributed by atoms with Crippen molar-refractivity contribution in [3.8, 4) is 11.1 Å². The van der Waals surface area contributed by atoms with Crippen molar-refractivity contribution in [3.63, 3.8) is 0 Å². The summed E-state index contributed by atoms with van der Waals surface area (Å²) in [4.78, 5) is 26.4. The Kier molecular flexibility index (Phi) is 7.36. The molecular formula is C28H34FN5O2. The summed E-state index contributed by atoms with van der Waals surface area (Å²) in [6, 6.07) is 10.6. The van der Waals surface area contributed by atoms with E-state index < -0.39 is 5.92 Å². The van der Waals surface area contributed by atoms with Crippen molar-refractivity contribution < 1.29 is 13.9 Å². The zero-order chi connectivity index (χ0) is 26.0. The van der Waals surface area contributed by atoms with Crippen molar-refractivity contribution in [2.75, 3.05) is 11.9 Å². The van der Waals surface area contributed by atoms with Crippen LogP contribution in [-0.2, 0) is 9.53 Å². The maximum absolute atomic E-state index is 13.6. The number of hydrogen-bond acceptors (Lipinski definition) is 6. The van der Waals surface area contributed by atoms with E-state index in [1.807, 2.05) is 52.8 Å². The highest BCUT2D eigenvalue weighted by Crippen LogP contribution is 2.33. The number of benzene rings is 1. The Balaban J connectivity index is 1.48. The van der Waals surface area contributed by atoms with Crippen molar-refractivity contribution in [3.05, 3.63) is 71.6 Å². The van der Waals surface area contributed by atoms with Crippen molar-refractivity contribution >= 4 is 11.9 Å². The molecule has 0 spiro atoms. The minimum absolute atomic E-state index is 0.0267.